The Morgan fingerprint density at radius 3 is 2.30 bits per heavy atom. The highest BCUT2D eigenvalue weighted by Gasteiger charge is 2.14. The molecule has 0 bridgehead atoms. The van der Waals surface area contributed by atoms with Crippen LogP contribution in [0.5, 0.6) is 5.75 Å². The van der Waals surface area contributed by atoms with Gasteiger partial charge in [-0.25, -0.2) is 0 Å². The summed E-state index contributed by atoms with van der Waals surface area (Å²) in [6.45, 7) is 0. The third-order valence-corrected chi connectivity index (χ3v) is 4.51. The lowest BCUT2D eigenvalue weighted by molar-refractivity contribution is 0.408. The van der Waals surface area contributed by atoms with Crippen LogP contribution in [0.1, 0.15) is 17.0 Å². The highest BCUT2D eigenvalue weighted by molar-refractivity contribution is 9.09. The molecule has 0 aliphatic rings. The molecule has 0 aliphatic heterocycles. The molecule has 0 spiro atoms. The molecule has 1 unspecified atom stereocenters. The average molecular weight is 374 g/mol. The van der Waals surface area contributed by atoms with E-state index in [1.807, 2.05) is 30.3 Å². The molecule has 0 aromatic heterocycles. The molecule has 1 atom stereocenters. The number of methoxy groups -OCH3 is 1. The van der Waals surface area contributed by atoms with E-state index < -0.39 is 0 Å². The van der Waals surface area contributed by atoms with E-state index in [2.05, 4.69) is 28.1 Å². The molecule has 2 aromatic rings. The van der Waals surface area contributed by atoms with Crippen molar-refractivity contribution < 1.29 is 4.74 Å². The highest BCUT2D eigenvalue weighted by Crippen LogP contribution is 2.30. The Kier molecular flexibility index (Phi) is 5.76. The van der Waals surface area contributed by atoms with Gasteiger partial charge in [-0.1, -0.05) is 51.3 Å². The minimum absolute atomic E-state index is 0.347. The van der Waals surface area contributed by atoms with Crippen molar-refractivity contribution in [3.8, 4) is 5.75 Å². The molecule has 0 fully saturated rings. The van der Waals surface area contributed by atoms with E-state index in [1.54, 1.807) is 7.11 Å². The SMILES string of the molecule is COc1ccc(Cl)cc1CC(CBr)c1ccc(Cl)cc1. The number of hydrogen-bond donors (Lipinski definition) is 0. The topological polar surface area (TPSA) is 9.23 Å². The predicted octanol–water partition coefficient (Wildman–Crippen LogP) is 5.72. The van der Waals surface area contributed by atoms with E-state index in [-0.39, 0.29) is 0 Å². The second-order valence-electron chi connectivity index (χ2n) is 4.56. The molecule has 0 N–H and O–H groups in total. The van der Waals surface area contributed by atoms with Gasteiger partial charge in [-0.2, -0.15) is 0 Å². The number of rotatable bonds is 5. The van der Waals surface area contributed by atoms with Crippen LogP contribution in [0.15, 0.2) is 42.5 Å². The molecule has 20 heavy (non-hydrogen) atoms. The van der Waals surface area contributed by atoms with Crippen LogP contribution >= 0.6 is 39.1 Å². The van der Waals surface area contributed by atoms with Crippen molar-refractivity contribution in [2.75, 3.05) is 12.4 Å². The smallest absolute Gasteiger partial charge is 0.122 e. The molecule has 4 heteroatoms. The van der Waals surface area contributed by atoms with Gasteiger partial charge in [0, 0.05) is 15.4 Å². The molecule has 0 saturated carbocycles. The van der Waals surface area contributed by atoms with E-state index in [0.29, 0.717) is 5.92 Å². The second kappa shape index (κ2) is 7.35. The van der Waals surface area contributed by atoms with Gasteiger partial charge in [0.25, 0.3) is 0 Å². The maximum absolute atomic E-state index is 6.08. The van der Waals surface area contributed by atoms with Crippen molar-refractivity contribution in [1.29, 1.82) is 0 Å². The molecule has 0 aliphatic carbocycles. The van der Waals surface area contributed by atoms with Gasteiger partial charge in [-0.3, -0.25) is 0 Å². The summed E-state index contributed by atoms with van der Waals surface area (Å²) in [4.78, 5) is 0. The molecule has 0 heterocycles. The lowest BCUT2D eigenvalue weighted by atomic mass is 9.93. The van der Waals surface area contributed by atoms with Crippen molar-refractivity contribution in [2.45, 2.75) is 12.3 Å². The largest absolute Gasteiger partial charge is 0.496 e. The van der Waals surface area contributed by atoms with E-state index in [1.165, 1.54) is 5.56 Å². The molecule has 106 valence electrons. The molecular formula is C16H15BrCl2O. The summed E-state index contributed by atoms with van der Waals surface area (Å²) < 4.78 is 5.41. The third-order valence-electron chi connectivity index (χ3n) is 3.24. The monoisotopic (exact) mass is 372 g/mol. The quantitative estimate of drug-likeness (QED) is 0.608. The highest BCUT2D eigenvalue weighted by atomic mass is 79.9. The van der Waals surface area contributed by atoms with Gasteiger partial charge < -0.3 is 4.74 Å². The number of halogens is 3. The standard InChI is InChI=1S/C16H15BrCl2O/c1-20-16-7-6-15(19)9-12(16)8-13(10-17)11-2-4-14(18)5-3-11/h2-7,9,13H,8,10H2,1H3. The zero-order valence-electron chi connectivity index (χ0n) is 11.1. The number of alkyl halides is 1. The van der Waals surface area contributed by atoms with E-state index in [0.717, 1.165) is 33.1 Å². The van der Waals surface area contributed by atoms with E-state index in [4.69, 9.17) is 27.9 Å². The van der Waals surface area contributed by atoms with Gasteiger partial charge in [-0.15, -0.1) is 0 Å². The normalized spacial score (nSPS) is 12.2. The van der Waals surface area contributed by atoms with Crippen molar-refractivity contribution in [3.05, 3.63) is 63.6 Å². The minimum Gasteiger partial charge on any atom is -0.496 e. The Hall–Kier alpha value is -0.700. The Labute approximate surface area is 138 Å². The first kappa shape index (κ1) is 15.7. The van der Waals surface area contributed by atoms with Crippen LogP contribution in [0, 0.1) is 0 Å². The summed E-state index contributed by atoms with van der Waals surface area (Å²) in [5, 5.41) is 2.34. The maximum Gasteiger partial charge on any atom is 0.122 e. The van der Waals surface area contributed by atoms with Gasteiger partial charge >= 0.3 is 0 Å². The van der Waals surface area contributed by atoms with Gasteiger partial charge in [0.1, 0.15) is 5.75 Å². The maximum atomic E-state index is 6.08. The van der Waals surface area contributed by atoms with Crippen molar-refractivity contribution >= 4 is 39.1 Å². The average Bonchev–Trinajstić information content (AvgIpc) is 2.46. The zero-order chi connectivity index (χ0) is 14.5. The number of hydrogen-bond acceptors (Lipinski definition) is 1. The zero-order valence-corrected chi connectivity index (χ0v) is 14.2. The fourth-order valence-electron chi connectivity index (χ4n) is 2.17. The second-order valence-corrected chi connectivity index (χ2v) is 6.08. The van der Waals surface area contributed by atoms with E-state index in [9.17, 15) is 0 Å². The number of benzene rings is 2. The van der Waals surface area contributed by atoms with Crippen LogP contribution in [0.25, 0.3) is 0 Å². The first-order valence-electron chi connectivity index (χ1n) is 6.28. The van der Waals surface area contributed by atoms with Gasteiger partial charge in [-0.05, 0) is 53.8 Å². The van der Waals surface area contributed by atoms with Crippen molar-refractivity contribution in [1.82, 2.24) is 0 Å². The number of ether oxygens (including phenoxy) is 1. The molecule has 2 rings (SSSR count). The summed E-state index contributed by atoms with van der Waals surface area (Å²) in [6, 6.07) is 13.7. The summed E-state index contributed by atoms with van der Waals surface area (Å²) in [5.41, 5.74) is 2.35. The van der Waals surface area contributed by atoms with Gasteiger partial charge in [0.05, 0.1) is 7.11 Å². The van der Waals surface area contributed by atoms with Crippen LogP contribution in [0.4, 0.5) is 0 Å². The summed E-state index contributed by atoms with van der Waals surface area (Å²) in [7, 11) is 1.68. The fourth-order valence-corrected chi connectivity index (χ4v) is 3.09. The molecule has 1 nitrogen and oxygen atoms in total. The van der Waals surface area contributed by atoms with Crippen LogP contribution in [0.3, 0.4) is 0 Å². The summed E-state index contributed by atoms with van der Waals surface area (Å²) in [6.07, 6.45) is 0.858. The van der Waals surface area contributed by atoms with Crippen LogP contribution in [-0.4, -0.2) is 12.4 Å². The van der Waals surface area contributed by atoms with Crippen molar-refractivity contribution in [2.24, 2.45) is 0 Å². The minimum atomic E-state index is 0.347. The third kappa shape index (κ3) is 3.91. The Morgan fingerprint density at radius 2 is 1.70 bits per heavy atom. The lowest BCUT2D eigenvalue weighted by Gasteiger charge is -2.17. The first-order chi connectivity index (χ1) is 9.63. The lowest BCUT2D eigenvalue weighted by Crippen LogP contribution is -2.05. The molecule has 0 saturated heterocycles. The van der Waals surface area contributed by atoms with Crippen LogP contribution < -0.4 is 4.74 Å². The first-order valence-corrected chi connectivity index (χ1v) is 8.15. The van der Waals surface area contributed by atoms with Gasteiger partial charge in [0.2, 0.25) is 0 Å². The van der Waals surface area contributed by atoms with Crippen LogP contribution in [-0.2, 0) is 6.42 Å². The molecule has 0 radical (unpaired) electrons. The molecular weight excluding hydrogens is 359 g/mol. The fraction of sp³-hybridized carbons (Fsp3) is 0.250. The summed E-state index contributed by atoms with van der Waals surface area (Å²) >= 11 is 15.6. The van der Waals surface area contributed by atoms with E-state index >= 15 is 0 Å². The predicted molar refractivity (Wildman–Crippen MR) is 89.7 cm³/mol. The Bertz CT molecular complexity index is 569. The Balaban J connectivity index is 2.26. The Morgan fingerprint density at radius 1 is 1.05 bits per heavy atom. The van der Waals surface area contributed by atoms with Crippen LogP contribution in [0.2, 0.25) is 10.0 Å². The van der Waals surface area contributed by atoms with Gasteiger partial charge in [0.15, 0.2) is 0 Å². The molecule has 2 aromatic carbocycles. The molecule has 0 amide bonds. The summed E-state index contributed by atoms with van der Waals surface area (Å²) in [5.74, 6) is 1.22. The van der Waals surface area contributed by atoms with Crippen molar-refractivity contribution in [3.63, 3.8) is 0 Å².